The zero-order valence-electron chi connectivity index (χ0n) is 14.5. The fraction of sp³-hybridized carbons (Fsp3) is 0.158. The maximum Gasteiger partial charge on any atom is 0.437 e. The third-order valence-electron chi connectivity index (χ3n) is 3.87. The van der Waals surface area contributed by atoms with Gasteiger partial charge in [0.25, 0.3) is 0 Å². The topological polar surface area (TPSA) is 92.1 Å². The van der Waals surface area contributed by atoms with Gasteiger partial charge in [0.15, 0.2) is 0 Å². The number of anilines is 1. The Morgan fingerprint density at radius 1 is 1.11 bits per heavy atom. The highest BCUT2D eigenvalue weighted by Crippen LogP contribution is 2.17. The van der Waals surface area contributed by atoms with Crippen LogP contribution >= 0.6 is 0 Å². The van der Waals surface area contributed by atoms with E-state index in [-0.39, 0.29) is 18.9 Å². The van der Waals surface area contributed by atoms with Gasteiger partial charge in [-0.3, -0.25) is 4.79 Å². The van der Waals surface area contributed by atoms with E-state index in [0.29, 0.717) is 11.3 Å². The summed E-state index contributed by atoms with van der Waals surface area (Å²) in [4.78, 5) is 26.0. The molecule has 9 heteroatoms. The van der Waals surface area contributed by atoms with Crippen molar-refractivity contribution in [2.75, 3.05) is 11.4 Å². The van der Waals surface area contributed by atoms with Crippen molar-refractivity contribution in [3.63, 3.8) is 0 Å². The molecular weight excluding hydrogens is 370 g/mol. The van der Waals surface area contributed by atoms with Gasteiger partial charge in [0, 0.05) is 17.8 Å². The molecule has 3 aromatic rings. The number of benzene rings is 2. The van der Waals surface area contributed by atoms with Crippen LogP contribution in [0.3, 0.4) is 0 Å². The smallest absolute Gasteiger partial charge is 0.388 e. The third kappa shape index (κ3) is 4.29. The van der Waals surface area contributed by atoms with Gasteiger partial charge in [-0.25, -0.2) is 13.6 Å². The number of carbonyl (C=O) groups excluding carboxylic acids is 1. The van der Waals surface area contributed by atoms with Crippen molar-refractivity contribution < 1.29 is 18.0 Å². The Labute approximate surface area is 158 Å². The first kappa shape index (κ1) is 19.0. The lowest BCUT2D eigenvalue weighted by Crippen LogP contribution is -2.36. The van der Waals surface area contributed by atoms with Crippen LogP contribution in [0.25, 0.3) is 11.5 Å². The number of nitriles is 1. The Hall–Kier alpha value is -3.80. The molecule has 0 atom stereocenters. The van der Waals surface area contributed by atoms with E-state index < -0.39 is 29.8 Å². The molecule has 0 radical (unpaired) electrons. The second-order valence-corrected chi connectivity index (χ2v) is 5.77. The van der Waals surface area contributed by atoms with Gasteiger partial charge < -0.3 is 9.32 Å². The van der Waals surface area contributed by atoms with Crippen molar-refractivity contribution >= 4 is 11.6 Å². The van der Waals surface area contributed by atoms with E-state index in [1.165, 1.54) is 53.4 Å². The number of nitrogens with zero attached hydrogens (tertiary/aromatic N) is 4. The summed E-state index contributed by atoms with van der Waals surface area (Å²) >= 11 is 0. The summed E-state index contributed by atoms with van der Waals surface area (Å²) < 4.78 is 32.0. The van der Waals surface area contributed by atoms with Crippen LogP contribution in [0.4, 0.5) is 14.5 Å². The SMILES string of the molecule is N#CCCN(C(=O)Cn1nc(-c2ccc(F)cc2)oc1=O)c1ccc(F)cc1. The molecule has 1 heterocycles. The van der Waals surface area contributed by atoms with Crippen molar-refractivity contribution in [1.82, 2.24) is 9.78 Å². The Morgan fingerprint density at radius 3 is 2.32 bits per heavy atom. The van der Waals surface area contributed by atoms with Gasteiger partial charge in [-0.1, -0.05) is 0 Å². The molecule has 0 saturated heterocycles. The molecular formula is C19H14F2N4O3. The molecule has 1 aromatic heterocycles. The number of aromatic nitrogens is 2. The van der Waals surface area contributed by atoms with Crippen LogP contribution < -0.4 is 10.7 Å². The van der Waals surface area contributed by atoms with Gasteiger partial charge in [-0.2, -0.15) is 9.94 Å². The molecule has 28 heavy (non-hydrogen) atoms. The summed E-state index contributed by atoms with van der Waals surface area (Å²) in [7, 11) is 0. The molecule has 7 nitrogen and oxygen atoms in total. The molecule has 0 unspecified atom stereocenters. The zero-order valence-corrected chi connectivity index (χ0v) is 14.5. The molecule has 0 saturated carbocycles. The zero-order chi connectivity index (χ0) is 20.1. The Kier molecular flexibility index (Phi) is 5.60. The molecule has 1 amide bonds. The molecule has 2 aromatic carbocycles. The minimum atomic E-state index is -0.855. The first-order valence-electron chi connectivity index (χ1n) is 8.24. The van der Waals surface area contributed by atoms with E-state index in [9.17, 15) is 18.4 Å². The van der Waals surface area contributed by atoms with Crippen LogP contribution in [0.5, 0.6) is 0 Å². The average molecular weight is 384 g/mol. The monoisotopic (exact) mass is 384 g/mol. The summed E-state index contributed by atoms with van der Waals surface area (Å²) in [5.74, 6) is -2.35. The van der Waals surface area contributed by atoms with Crippen LogP contribution in [-0.2, 0) is 11.3 Å². The van der Waals surface area contributed by atoms with Crippen molar-refractivity contribution in [3.05, 3.63) is 70.7 Å². The summed E-state index contributed by atoms with van der Waals surface area (Å²) in [5.41, 5.74) is 0.765. The maximum atomic E-state index is 13.1. The van der Waals surface area contributed by atoms with Crippen LogP contribution in [0.2, 0.25) is 0 Å². The number of hydrogen-bond acceptors (Lipinski definition) is 5. The summed E-state index contributed by atoms with van der Waals surface area (Å²) in [6, 6.07) is 12.3. The molecule has 0 aliphatic rings. The number of amides is 1. The number of carbonyl (C=O) groups is 1. The average Bonchev–Trinajstić information content (AvgIpc) is 3.04. The Balaban J connectivity index is 1.83. The fourth-order valence-corrected chi connectivity index (χ4v) is 2.51. The van der Waals surface area contributed by atoms with Gasteiger partial charge in [0.2, 0.25) is 11.8 Å². The minimum absolute atomic E-state index is 0.0526. The first-order chi connectivity index (χ1) is 13.5. The summed E-state index contributed by atoms with van der Waals surface area (Å²) in [5, 5.41) is 12.8. The van der Waals surface area contributed by atoms with Gasteiger partial charge in [-0.15, -0.1) is 5.10 Å². The van der Waals surface area contributed by atoms with Gasteiger partial charge >= 0.3 is 5.76 Å². The lowest BCUT2D eigenvalue weighted by molar-refractivity contribution is -0.119. The number of hydrogen-bond donors (Lipinski definition) is 0. The summed E-state index contributed by atoms with van der Waals surface area (Å²) in [6.45, 7) is -0.370. The normalized spacial score (nSPS) is 10.5. The van der Waals surface area contributed by atoms with E-state index >= 15 is 0 Å². The molecule has 0 N–H and O–H groups in total. The van der Waals surface area contributed by atoms with Crippen molar-refractivity contribution in [1.29, 1.82) is 5.26 Å². The predicted octanol–water partition coefficient (Wildman–Crippen LogP) is 2.73. The van der Waals surface area contributed by atoms with E-state index in [1.54, 1.807) is 0 Å². The molecule has 0 fully saturated rings. The molecule has 0 aliphatic carbocycles. The third-order valence-corrected chi connectivity index (χ3v) is 3.87. The number of rotatable bonds is 6. The Bertz CT molecular complexity index is 1070. The van der Waals surface area contributed by atoms with Gasteiger partial charge in [0.1, 0.15) is 18.2 Å². The summed E-state index contributed by atoms with van der Waals surface area (Å²) in [6.07, 6.45) is 0.0532. The highest BCUT2D eigenvalue weighted by atomic mass is 19.1. The highest BCUT2D eigenvalue weighted by molar-refractivity contribution is 5.93. The quantitative estimate of drug-likeness (QED) is 0.652. The Morgan fingerprint density at radius 2 is 1.71 bits per heavy atom. The lowest BCUT2D eigenvalue weighted by atomic mass is 10.2. The number of halogens is 2. The second kappa shape index (κ2) is 8.26. The molecule has 0 aliphatic heterocycles. The lowest BCUT2D eigenvalue weighted by Gasteiger charge is -2.21. The predicted molar refractivity (Wildman–Crippen MR) is 95.1 cm³/mol. The largest absolute Gasteiger partial charge is 0.437 e. The fourth-order valence-electron chi connectivity index (χ4n) is 2.51. The molecule has 142 valence electrons. The van der Waals surface area contributed by atoms with E-state index in [4.69, 9.17) is 9.68 Å². The molecule has 3 rings (SSSR count). The molecule has 0 bridgehead atoms. The van der Waals surface area contributed by atoms with Crippen molar-refractivity contribution in [2.45, 2.75) is 13.0 Å². The van der Waals surface area contributed by atoms with E-state index in [0.717, 1.165) is 4.68 Å². The maximum absolute atomic E-state index is 13.1. The van der Waals surface area contributed by atoms with Crippen LogP contribution in [0.15, 0.2) is 57.7 Å². The highest BCUT2D eigenvalue weighted by Gasteiger charge is 2.19. The van der Waals surface area contributed by atoms with Crippen LogP contribution in [0.1, 0.15) is 6.42 Å². The van der Waals surface area contributed by atoms with Crippen molar-refractivity contribution in [3.8, 4) is 17.5 Å². The van der Waals surface area contributed by atoms with Crippen LogP contribution in [0, 0.1) is 23.0 Å². The van der Waals surface area contributed by atoms with E-state index in [2.05, 4.69) is 5.10 Å². The second-order valence-electron chi connectivity index (χ2n) is 5.77. The molecule has 0 spiro atoms. The van der Waals surface area contributed by atoms with Crippen LogP contribution in [-0.4, -0.2) is 22.2 Å². The van der Waals surface area contributed by atoms with Crippen molar-refractivity contribution in [2.24, 2.45) is 0 Å². The van der Waals surface area contributed by atoms with Gasteiger partial charge in [0.05, 0.1) is 12.5 Å². The standard InChI is InChI=1S/C19H14F2N4O3/c20-14-4-2-13(3-5-14)18-23-25(19(27)28-18)12-17(26)24(11-1-10-22)16-8-6-15(21)7-9-16/h2-9H,1,11-12H2. The van der Waals surface area contributed by atoms with E-state index in [1.807, 2.05) is 6.07 Å². The first-order valence-corrected chi connectivity index (χ1v) is 8.24. The minimum Gasteiger partial charge on any atom is -0.388 e. The van der Waals surface area contributed by atoms with Gasteiger partial charge in [-0.05, 0) is 48.5 Å².